The molecule has 1 rings (SSSR count). The Kier molecular flexibility index (Phi) is 6.11. The van der Waals surface area contributed by atoms with Gasteiger partial charge in [0.05, 0.1) is 0 Å². The van der Waals surface area contributed by atoms with Crippen LogP contribution in [0.5, 0.6) is 0 Å². The zero-order chi connectivity index (χ0) is 13.5. The maximum atomic E-state index is 11.4. The first kappa shape index (κ1) is 14.9. The van der Waals surface area contributed by atoms with Crippen molar-refractivity contribution in [3.8, 4) is 0 Å². The standard InChI is InChI=1S/C13H17IO4/c1-4-12(15)17-14(18-13(16)5-2)11-8-6-10(3)7-9-11/h6-9H,4-5H2,1-3H3. The molecular weight excluding hydrogens is 347 g/mol. The second kappa shape index (κ2) is 7.35. The molecule has 0 unspecified atom stereocenters. The molecule has 1 aromatic rings. The molecule has 0 saturated carbocycles. The molecule has 0 bridgehead atoms. The fraction of sp³-hybridized carbons (Fsp3) is 0.385. The van der Waals surface area contributed by atoms with Gasteiger partial charge in [-0.05, 0) is 0 Å². The third-order valence-corrected chi connectivity index (χ3v) is 5.60. The fourth-order valence-corrected chi connectivity index (χ4v) is 4.07. The fourth-order valence-electron chi connectivity index (χ4n) is 1.01. The van der Waals surface area contributed by atoms with Crippen LogP contribution in [0.15, 0.2) is 24.3 Å². The molecule has 0 spiro atoms. The van der Waals surface area contributed by atoms with E-state index in [2.05, 4.69) is 0 Å². The summed E-state index contributed by atoms with van der Waals surface area (Å²) in [5, 5.41) is 0. The molecule has 5 heteroatoms. The Morgan fingerprint density at radius 2 is 1.44 bits per heavy atom. The van der Waals surface area contributed by atoms with Crippen LogP contribution in [-0.4, -0.2) is 11.9 Å². The van der Waals surface area contributed by atoms with Gasteiger partial charge < -0.3 is 0 Å². The summed E-state index contributed by atoms with van der Waals surface area (Å²) in [6, 6.07) is 7.54. The average Bonchev–Trinajstić information content (AvgIpc) is 2.38. The summed E-state index contributed by atoms with van der Waals surface area (Å²) in [6.07, 6.45) is 0.563. The molecule has 0 atom stereocenters. The molecule has 0 radical (unpaired) electrons. The van der Waals surface area contributed by atoms with Crippen LogP contribution in [0.2, 0.25) is 0 Å². The van der Waals surface area contributed by atoms with Crippen molar-refractivity contribution in [2.75, 3.05) is 0 Å². The summed E-state index contributed by atoms with van der Waals surface area (Å²) in [4.78, 5) is 22.7. The molecule has 0 N–H and O–H groups in total. The van der Waals surface area contributed by atoms with Crippen LogP contribution in [0.25, 0.3) is 0 Å². The van der Waals surface area contributed by atoms with Gasteiger partial charge in [0.25, 0.3) is 0 Å². The number of hydrogen-bond acceptors (Lipinski definition) is 4. The van der Waals surface area contributed by atoms with Crippen molar-refractivity contribution >= 4 is 32.6 Å². The number of carbonyl (C=O) groups is 2. The van der Waals surface area contributed by atoms with E-state index < -0.39 is 20.6 Å². The molecule has 0 aliphatic carbocycles. The van der Waals surface area contributed by atoms with Crippen molar-refractivity contribution in [1.82, 2.24) is 0 Å². The van der Waals surface area contributed by atoms with E-state index >= 15 is 0 Å². The van der Waals surface area contributed by atoms with Crippen LogP contribution in [0.3, 0.4) is 0 Å². The zero-order valence-corrected chi connectivity index (χ0v) is 12.9. The molecule has 0 aliphatic rings. The van der Waals surface area contributed by atoms with Crippen LogP contribution in [-0.2, 0) is 15.7 Å². The number of aryl methyl sites for hydroxylation is 1. The van der Waals surface area contributed by atoms with Gasteiger partial charge in [-0.15, -0.1) is 0 Å². The van der Waals surface area contributed by atoms with E-state index in [-0.39, 0.29) is 24.8 Å². The third kappa shape index (κ3) is 4.64. The summed E-state index contributed by atoms with van der Waals surface area (Å²) in [7, 11) is 0. The Balaban J connectivity index is 2.85. The van der Waals surface area contributed by atoms with E-state index in [4.69, 9.17) is 6.13 Å². The quantitative estimate of drug-likeness (QED) is 0.752. The van der Waals surface area contributed by atoms with Gasteiger partial charge in [-0.2, -0.15) is 0 Å². The molecular formula is C13H17IO4. The zero-order valence-electron chi connectivity index (χ0n) is 10.7. The van der Waals surface area contributed by atoms with Gasteiger partial charge in [-0.3, -0.25) is 0 Å². The summed E-state index contributed by atoms with van der Waals surface area (Å²) < 4.78 is 11.4. The second-order valence-corrected chi connectivity index (χ2v) is 6.99. The summed E-state index contributed by atoms with van der Waals surface area (Å²) >= 11 is -2.66. The van der Waals surface area contributed by atoms with Gasteiger partial charge in [-0.25, -0.2) is 0 Å². The number of rotatable bonds is 5. The summed E-state index contributed by atoms with van der Waals surface area (Å²) in [5.74, 6) is -0.658. The Morgan fingerprint density at radius 1 is 1.00 bits per heavy atom. The molecule has 18 heavy (non-hydrogen) atoms. The van der Waals surface area contributed by atoms with E-state index in [1.165, 1.54) is 0 Å². The molecule has 0 saturated heterocycles. The number of halogens is 1. The van der Waals surface area contributed by atoms with Gasteiger partial charge in [0.2, 0.25) is 0 Å². The van der Waals surface area contributed by atoms with Gasteiger partial charge in [-0.1, -0.05) is 0 Å². The Hall–Kier alpha value is -1.11. The summed E-state index contributed by atoms with van der Waals surface area (Å²) in [6.45, 7) is 5.40. The van der Waals surface area contributed by atoms with Crippen LogP contribution in [0, 0.1) is 10.5 Å². The van der Waals surface area contributed by atoms with Crippen LogP contribution in [0.1, 0.15) is 32.3 Å². The first-order chi connectivity index (χ1) is 8.56. The van der Waals surface area contributed by atoms with Crippen molar-refractivity contribution in [1.29, 1.82) is 0 Å². The van der Waals surface area contributed by atoms with Crippen molar-refractivity contribution in [3.63, 3.8) is 0 Å². The van der Waals surface area contributed by atoms with E-state index in [1.807, 2.05) is 31.2 Å². The summed E-state index contributed by atoms with van der Waals surface area (Å²) in [5.41, 5.74) is 1.11. The Bertz CT molecular complexity index is 396. The predicted molar refractivity (Wildman–Crippen MR) is 76.7 cm³/mol. The van der Waals surface area contributed by atoms with Gasteiger partial charge in [0, 0.05) is 0 Å². The van der Waals surface area contributed by atoms with Gasteiger partial charge in [0.1, 0.15) is 0 Å². The predicted octanol–water partition coefficient (Wildman–Crippen LogP) is 3.41. The number of hydrogen-bond donors (Lipinski definition) is 0. The second-order valence-electron chi connectivity index (χ2n) is 3.62. The molecule has 0 aliphatic heterocycles. The van der Waals surface area contributed by atoms with Crippen LogP contribution in [0.4, 0.5) is 0 Å². The Morgan fingerprint density at radius 3 is 1.83 bits per heavy atom. The first-order valence-corrected chi connectivity index (χ1v) is 8.60. The topological polar surface area (TPSA) is 52.6 Å². The normalized spacial score (nSPS) is 10.7. The molecule has 0 heterocycles. The monoisotopic (exact) mass is 364 g/mol. The number of benzene rings is 1. The van der Waals surface area contributed by atoms with Crippen molar-refractivity contribution in [3.05, 3.63) is 33.4 Å². The van der Waals surface area contributed by atoms with Crippen molar-refractivity contribution in [2.24, 2.45) is 0 Å². The first-order valence-electron chi connectivity index (χ1n) is 5.76. The molecule has 0 aromatic heterocycles. The van der Waals surface area contributed by atoms with Gasteiger partial charge >= 0.3 is 115 Å². The SMILES string of the molecule is CCC(=O)OI(OC(=O)CC)c1ccc(C)cc1. The van der Waals surface area contributed by atoms with E-state index in [0.717, 1.165) is 9.13 Å². The van der Waals surface area contributed by atoms with Crippen LogP contribution < -0.4 is 0 Å². The van der Waals surface area contributed by atoms with E-state index in [0.29, 0.717) is 0 Å². The molecule has 0 fully saturated rings. The maximum absolute atomic E-state index is 11.4. The molecule has 4 nitrogen and oxygen atoms in total. The van der Waals surface area contributed by atoms with Crippen molar-refractivity contribution < 1.29 is 15.7 Å². The van der Waals surface area contributed by atoms with E-state index in [9.17, 15) is 9.59 Å². The van der Waals surface area contributed by atoms with Crippen LogP contribution >= 0.6 is 20.6 Å². The van der Waals surface area contributed by atoms with E-state index in [1.54, 1.807) is 13.8 Å². The van der Waals surface area contributed by atoms with Gasteiger partial charge in [0.15, 0.2) is 0 Å². The average molecular weight is 364 g/mol. The third-order valence-electron chi connectivity index (χ3n) is 2.08. The molecule has 1 aromatic carbocycles. The molecule has 100 valence electrons. The Labute approximate surface area is 115 Å². The minimum atomic E-state index is -2.66. The minimum absolute atomic E-state index is 0.281. The van der Waals surface area contributed by atoms with Crippen molar-refractivity contribution in [2.45, 2.75) is 33.6 Å². The molecule has 0 amide bonds. The number of carbonyl (C=O) groups excluding carboxylic acids is 2.